The molecule has 1 saturated carbocycles. The number of hydrogen-bond donors (Lipinski definition) is 1. The number of aromatic nitrogens is 1. The molecule has 0 radical (unpaired) electrons. The molecule has 0 aliphatic heterocycles. The first-order valence-electron chi connectivity index (χ1n) is 9.94. The van der Waals surface area contributed by atoms with Gasteiger partial charge >= 0.3 is 0 Å². The lowest BCUT2D eigenvalue weighted by atomic mass is 10.2. The first-order chi connectivity index (χ1) is 14.6. The summed E-state index contributed by atoms with van der Waals surface area (Å²) in [6, 6.07) is 12.5. The van der Waals surface area contributed by atoms with Gasteiger partial charge in [0.2, 0.25) is 0 Å². The molecule has 1 fully saturated rings. The number of carbonyl (C=O) groups excluding carboxylic acids is 1. The lowest BCUT2D eigenvalue weighted by molar-refractivity contribution is -0.118. The monoisotopic (exact) mass is 426 g/mol. The van der Waals surface area contributed by atoms with Gasteiger partial charge in [0, 0.05) is 23.3 Å². The van der Waals surface area contributed by atoms with Crippen LogP contribution in [-0.4, -0.2) is 30.7 Å². The summed E-state index contributed by atoms with van der Waals surface area (Å²) in [6.07, 6.45) is 6.28. The van der Waals surface area contributed by atoms with Crippen molar-refractivity contribution in [1.29, 1.82) is 0 Å². The minimum atomic E-state index is -0.286. The Morgan fingerprint density at radius 2 is 1.93 bits per heavy atom. The van der Waals surface area contributed by atoms with Crippen molar-refractivity contribution in [2.24, 2.45) is 0 Å². The van der Waals surface area contributed by atoms with Crippen LogP contribution in [0.3, 0.4) is 0 Å². The second-order valence-electron chi connectivity index (χ2n) is 7.17. The Morgan fingerprint density at radius 1 is 1.13 bits per heavy atom. The largest absolute Gasteiger partial charge is 0.493 e. The molecule has 1 aromatic heterocycles. The molecule has 1 aliphatic carbocycles. The van der Waals surface area contributed by atoms with E-state index >= 15 is 0 Å². The Hall–Kier alpha value is -2.99. The van der Waals surface area contributed by atoms with E-state index in [4.69, 9.17) is 25.8 Å². The predicted molar refractivity (Wildman–Crippen MR) is 117 cm³/mol. The Labute approximate surface area is 180 Å². The molecule has 30 heavy (non-hydrogen) atoms. The summed E-state index contributed by atoms with van der Waals surface area (Å²) in [7, 11) is 1.60. The number of ether oxygens (including phenoxy) is 3. The average Bonchev–Trinajstić information content (AvgIpc) is 3.27. The van der Waals surface area contributed by atoms with Crippen molar-refractivity contribution in [3.63, 3.8) is 0 Å². The van der Waals surface area contributed by atoms with Gasteiger partial charge in [-0.2, -0.15) is 0 Å². The van der Waals surface area contributed by atoms with Crippen molar-refractivity contribution < 1.29 is 19.0 Å². The van der Waals surface area contributed by atoms with Crippen LogP contribution in [0.2, 0.25) is 5.02 Å². The smallest absolute Gasteiger partial charge is 0.262 e. The van der Waals surface area contributed by atoms with Gasteiger partial charge in [-0.1, -0.05) is 11.6 Å². The molecule has 1 aliphatic rings. The van der Waals surface area contributed by atoms with Gasteiger partial charge in [0.05, 0.1) is 18.2 Å². The van der Waals surface area contributed by atoms with Crippen molar-refractivity contribution in [3.8, 4) is 17.2 Å². The first kappa shape index (κ1) is 20.3. The third-order valence-electron chi connectivity index (χ3n) is 5.08. The van der Waals surface area contributed by atoms with Gasteiger partial charge in [-0.25, -0.2) is 0 Å². The molecule has 0 atom stereocenters. The third-order valence-corrected chi connectivity index (χ3v) is 5.41. The first-order valence-corrected chi connectivity index (χ1v) is 10.3. The predicted octanol–water partition coefficient (Wildman–Crippen LogP) is 5.24. The van der Waals surface area contributed by atoms with Gasteiger partial charge in [-0.05, 0) is 62.1 Å². The van der Waals surface area contributed by atoms with Gasteiger partial charge in [0.1, 0.15) is 11.3 Å². The number of benzene rings is 2. The molecule has 0 bridgehead atoms. The minimum Gasteiger partial charge on any atom is -0.493 e. The molecular formula is C23H23ClN2O4. The van der Waals surface area contributed by atoms with Crippen LogP contribution >= 0.6 is 11.6 Å². The van der Waals surface area contributed by atoms with E-state index in [1.807, 2.05) is 6.07 Å². The fourth-order valence-corrected chi connectivity index (χ4v) is 3.82. The van der Waals surface area contributed by atoms with E-state index in [-0.39, 0.29) is 18.6 Å². The SMILES string of the molecule is COc1ccc(NC(=O)COc2ccc(Cl)c3cccnc23)cc1OC1CCCC1. The number of nitrogens with zero attached hydrogens (tertiary/aromatic N) is 1. The van der Waals surface area contributed by atoms with Crippen LogP contribution in [0.25, 0.3) is 10.9 Å². The summed E-state index contributed by atoms with van der Waals surface area (Å²) >= 11 is 6.20. The van der Waals surface area contributed by atoms with E-state index in [2.05, 4.69) is 10.3 Å². The van der Waals surface area contributed by atoms with Crippen molar-refractivity contribution in [2.75, 3.05) is 19.0 Å². The van der Waals surface area contributed by atoms with Crippen molar-refractivity contribution in [1.82, 2.24) is 4.98 Å². The molecule has 1 amide bonds. The highest BCUT2D eigenvalue weighted by Gasteiger charge is 2.19. The van der Waals surface area contributed by atoms with Crippen LogP contribution in [-0.2, 0) is 4.79 Å². The molecular weight excluding hydrogens is 404 g/mol. The van der Waals surface area contributed by atoms with Crippen LogP contribution in [0.15, 0.2) is 48.7 Å². The van der Waals surface area contributed by atoms with Crippen LogP contribution in [0.4, 0.5) is 5.69 Å². The van der Waals surface area contributed by atoms with Gasteiger partial charge in [0.15, 0.2) is 18.1 Å². The number of fused-ring (bicyclic) bond motifs is 1. The zero-order chi connectivity index (χ0) is 20.9. The van der Waals surface area contributed by atoms with Gasteiger partial charge in [-0.3, -0.25) is 9.78 Å². The number of amides is 1. The molecule has 0 spiro atoms. The van der Waals surface area contributed by atoms with Crippen LogP contribution in [0.1, 0.15) is 25.7 Å². The molecule has 0 saturated heterocycles. The van der Waals surface area contributed by atoms with Crippen molar-refractivity contribution in [2.45, 2.75) is 31.8 Å². The number of methoxy groups -OCH3 is 1. The highest BCUT2D eigenvalue weighted by atomic mass is 35.5. The standard InChI is InChI=1S/C23H23ClN2O4/c1-28-19-10-8-15(13-21(19)30-16-5-2-3-6-16)26-22(27)14-29-20-11-9-18(24)17-7-4-12-25-23(17)20/h4,7-13,16H,2-3,5-6,14H2,1H3,(H,26,27). The molecule has 6 nitrogen and oxygen atoms in total. The van der Waals surface area contributed by atoms with E-state index in [1.54, 1.807) is 49.7 Å². The molecule has 2 aromatic carbocycles. The Bertz CT molecular complexity index is 1050. The topological polar surface area (TPSA) is 69.7 Å². The molecule has 156 valence electrons. The van der Waals surface area contributed by atoms with E-state index in [9.17, 15) is 4.79 Å². The zero-order valence-corrected chi connectivity index (χ0v) is 17.4. The highest BCUT2D eigenvalue weighted by Crippen LogP contribution is 2.34. The third kappa shape index (κ3) is 4.60. The molecule has 7 heteroatoms. The van der Waals surface area contributed by atoms with E-state index in [0.29, 0.717) is 33.5 Å². The summed E-state index contributed by atoms with van der Waals surface area (Å²) in [5.41, 5.74) is 1.24. The van der Waals surface area contributed by atoms with Crippen LogP contribution in [0, 0.1) is 0 Å². The Morgan fingerprint density at radius 3 is 2.73 bits per heavy atom. The molecule has 0 unspecified atom stereocenters. The number of halogens is 1. The van der Waals surface area contributed by atoms with Crippen molar-refractivity contribution >= 4 is 34.1 Å². The van der Waals surface area contributed by atoms with Gasteiger partial charge in [0.25, 0.3) is 5.91 Å². The number of carbonyl (C=O) groups is 1. The highest BCUT2D eigenvalue weighted by molar-refractivity contribution is 6.35. The quantitative estimate of drug-likeness (QED) is 0.559. The van der Waals surface area contributed by atoms with Crippen molar-refractivity contribution in [3.05, 3.63) is 53.7 Å². The second-order valence-corrected chi connectivity index (χ2v) is 7.58. The number of nitrogens with one attached hydrogen (secondary N) is 1. The maximum atomic E-state index is 12.4. The van der Waals surface area contributed by atoms with Crippen LogP contribution in [0.5, 0.6) is 17.2 Å². The number of hydrogen-bond acceptors (Lipinski definition) is 5. The summed E-state index contributed by atoms with van der Waals surface area (Å²) in [5, 5.41) is 4.21. The summed E-state index contributed by atoms with van der Waals surface area (Å²) in [6.45, 7) is -0.155. The molecule has 3 aromatic rings. The van der Waals surface area contributed by atoms with E-state index in [0.717, 1.165) is 18.2 Å². The fraction of sp³-hybridized carbons (Fsp3) is 0.304. The summed E-state index contributed by atoms with van der Waals surface area (Å²) in [5.74, 6) is 1.50. The Kier molecular flexibility index (Phi) is 6.23. The summed E-state index contributed by atoms with van der Waals surface area (Å²) < 4.78 is 17.2. The maximum absolute atomic E-state index is 12.4. The van der Waals surface area contributed by atoms with Gasteiger partial charge < -0.3 is 19.5 Å². The zero-order valence-electron chi connectivity index (χ0n) is 16.7. The molecule has 1 heterocycles. The summed E-state index contributed by atoms with van der Waals surface area (Å²) in [4.78, 5) is 16.8. The number of pyridine rings is 1. The van der Waals surface area contributed by atoms with Gasteiger partial charge in [-0.15, -0.1) is 0 Å². The normalized spacial score (nSPS) is 13.9. The van der Waals surface area contributed by atoms with Crippen LogP contribution < -0.4 is 19.5 Å². The number of anilines is 1. The lowest BCUT2D eigenvalue weighted by Crippen LogP contribution is -2.20. The Balaban J connectivity index is 1.42. The lowest BCUT2D eigenvalue weighted by Gasteiger charge is -2.17. The second kappa shape index (κ2) is 9.22. The van der Waals surface area contributed by atoms with E-state index in [1.165, 1.54) is 12.8 Å². The minimum absolute atomic E-state index is 0.155. The maximum Gasteiger partial charge on any atom is 0.262 e. The van der Waals surface area contributed by atoms with E-state index < -0.39 is 0 Å². The molecule has 1 N–H and O–H groups in total. The fourth-order valence-electron chi connectivity index (χ4n) is 3.60. The number of rotatable bonds is 7. The molecule has 4 rings (SSSR count). The average molecular weight is 427 g/mol.